The molecule has 134 valence electrons. The highest BCUT2D eigenvalue weighted by Gasteiger charge is 1.99. The third-order valence-electron chi connectivity index (χ3n) is 3.38. The van der Waals surface area contributed by atoms with Crippen LogP contribution in [0.3, 0.4) is 0 Å². The van der Waals surface area contributed by atoms with Gasteiger partial charge in [-0.25, -0.2) is 0 Å². The minimum Gasteiger partial charge on any atom is -0.0683 e. The summed E-state index contributed by atoms with van der Waals surface area (Å²) in [4.78, 5) is 0. The molecule has 0 nitrogen and oxygen atoms in total. The number of rotatable bonds is 2. The van der Waals surface area contributed by atoms with E-state index in [1.165, 1.54) is 27.8 Å². The molecule has 0 saturated carbocycles. The minimum absolute atomic E-state index is 1.26. The Morgan fingerprint density at radius 3 is 1.00 bits per heavy atom. The van der Waals surface area contributed by atoms with Crippen molar-refractivity contribution in [3.63, 3.8) is 0 Å². The van der Waals surface area contributed by atoms with E-state index < -0.39 is 0 Å². The topological polar surface area (TPSA) is 0 Å². The SMILES string of the molecule is CC.CC.CC.Cc1ccc(-c2ccc(-c3ccccc3)cc2)cc1. The molecule has 3 rings (SSSR count). The third kappa shape index (κ3) is 7.39. The van der Waals surface area contributed by atoms with Crippen LogP contribution in [0.2, 0.25) is 0 Å². The van der Waals surface area contributed by atoms with Crippen molar-refractivity contribution in [3.05, 3.63) is 84.4 Å². The van der Waals surface area contributed by atoms with Crippen LogP contribution in [0.5, 0.6) is 0 Å². The molecular formula is C25H34. The van der Waals surface area contributed by atoms with Crippen molar-refractivity contribution in [2.24, 2.45) is 0 Å². The van der Waals surface area contributed by atoms with Crippen molar-refractivity contribution in [1.82, 2.24) is 0 Å². The van der Waals surface area contributed by atoms with Gasteiger partial charge in [-0.3, -0.25) is 0 Å². The van der Waals surface area contributed by atoms with Crippen molar-refractivity contribution in [3.8, 4) is 22.3 Å². The summed E-state index contributed by atoms with van der Waals surface area (Å²) in [5.41, 5.74) is 6.35. The molecule has 0 fully saturated rings. The number of aryl methyl sites for hydroxylation is 1. The molecule has 0 N–H and O–H groups in total. The van der Waals surface area contributed by atoms with E-state index in [2.05, 4.69) is 79.7 Å². The van der Waals surface area contributed by atoms with Crippen molar-refractivity contribution in [1.29, 1.82) is 0 Å². The quantitative estimate of drug-likeness (QED) is 0.441. The van der Waals surface area contributed by atoms with E-state index in [1.54, 1.807) is 0 Å². The van der Waals surface area contributed by atoms with Crippen LogP contribution in [-0.2, 0) is 0 Å². The molecule has 3 aromatic rings. The van der Waals surface area contributed by atoms with E-state index in [0.29, 0.717) is 0 Å². The van der Waals surface area contributed by atoms with E-state index in [9.17, 15) is 0 Å². The minimum atomic E-state index is 1.26. The van der Waals surface area contributed by atoms with Gasteiger partial charge in [0.25, 0.3) is 0 Å². The Kier molecular flexibility index (Phi) is 12.7. The summed E-state index contributed by atoms with van der Waals surface area (Å²) in [6.45, 7) is 14.1. The second-order valence-corrected chi connectivity index (χ2v) is 4.81. The molecule has 0 atom stereocenters. The Bertz CT molecular complexity index is 647. The first kappa shape index (κ1) is 22.7. The van der Waals surface area contributed by atoms with E-state index in [-0.39, 0.29) is 0 Å². The highest BCUT2D eigenvalue weighted by molar-refractivity contribution is 5.70. The van der Waals surface area contributed by atoms with Crippen molar-refractivity contribution in [2.75, 3.05) is 0 Å². The molecule has 0 saturated heterocycles. The van der Waals surface area contributed by atoms with E-state index >= 15 is 0 Å². The smallest absolute Gasteiger partial charge is 0.0184 e. The molecule has 3 aromatic carbocycles. The molecule has 0 aliphatic heterocycles. The van der Waals surface area contributed by atoms with Crippen LogP contribution >= 0.6 is 0 Å². The number of benzene rings is 3. The van der Waals surface area contributed by atoms with Gasteiger partial charge in [0.2, 0.25) is 0 Å². The molecule has 0 amide bonds. The number of hydrogen-bond acceptors (Lipinski definition) is 0. The summed E-state index contributed by atoms with van der Waals surface area (Å²) in [7, 11) is 0. The van der Waals surface area contributed by atoms with Gasteiger partial charge in [0.15, 0.2) is 0 Å². The summed E-state index contributed by atoms with van der Waals surface area (Å²) < 4.78 is 0. The molecule has 0 unspecified atom stereocenters. The zero-order valence-electron chi connectivity index (χ0n) is 17.0. The molecule has 0 bridgehead atoms. The van der Waals surface area contributed by atoms with Crippen LogP contribution in [0.25, 0.3) is 22.3 Å². The van der Waals surface area contributed by atoms with Crippen molar-refractivity contribution >= 4 is 0 Å². The van der Waals surface area contributed by atoms with Crippen LogP contribution in [0.15, 0.2) is 78.9 Å². The first-order valence-electron chi connectivity index (χ1n) is 9.55. The van der Waals surface area contributed by atoms with Gasteiger partial charge in [-0.05, 0) is 29.2 Å². The average molecular weight is 335 g/mol. The molecule has 0 aliphatic carbocycles. The predicted octanol–water partition coefficient (Wildman–Crippen LogP) is 8.41. The van der Waals surface area contributed by atoms with E-state index in [1.807, 2.05) is 47.6 Å². The highest BCUT2D eigenvalue weighted by Crippen LogP contribution is 2.24. The van der Waals surface area contributed by atoms with Gasteiger partial charge in [-0.15, -0.1) is 0 Å². The first-order chi connectivity index (χ1) is 12.3. The third-order valence-corrected chi connectivity index (χ3v) is 3.38. The molecule has 0 spiro atoms. The molecular weight excluding hydrogens is 300 g/mol. The Morgan fingerprint density at radius 1 is 0.360 bits per heavy atom. The Morgan fingerprint density at radius 2 is 0.640 bits per heavy atom. The van der Waals surface area contributed by atoms with Gasteiger partial charge in [0, 0.05) is 0 Å². The fourth-order valence-corrected chi connectivity index (χ4v) is 2.23. The lowest BCUT2D eigenvalue weighted by Crippen LogP contribution is -1.80. The molecule has 0 radical (unpaired) electrons. The van der Waals surface area contributed by atoms with Gasteiger partial charge < -0.3 is 0 Å². The number of hydrogen-bond donors (Lipinski definition) is 0. The summed E-state index contributed by atoms with van der Waals surface area (Å²) in [6.07, 6.45) is 0. The average Bonchev–Trinajstić information content (AvgIpc) is 2.74. The second-order valence-electron chi connectivity index (χ2n) is 4.81. The maximum absolute atomic E-state index is 2.19. The maximum atomic E-state index is 2.19. The summed E-state index contributed by atoms with van der Waals surface area (Å²) in [5, 5.41) is 0. The van der Waals surface area contributed by atoms with Crippen LogP contribution in [0, 0.1) is 6.92 Å². The van der Waals surface area contributed by atoms with Crippen LogP contribution in [0.4, 0.5) is 0 Å². The first-order valence-corrected chi connectivity index (χ1v) is 9.55. The molecule has 0 aromatic heterocycles. The monoisotopic (exact) mass is 334 g/mol. The molecule has 25 heavy (non-hydrogen) atoms. The maximum Gasteiger partial charge on any atom is -0.0184 e. The van der Waals surface area contributed by atoms with Crippen molar-refractivity contribution in [2.45, 2.75) is 48.5 Å². The van der Waals surface area contributed by atoms with Gasteiger partial charge >= 0.3 is 0 Å². The fraction of sp³-hybridized carbons (Fsp3) is 0.280. The Labute approximate surface area is 155 Å². The summed E-state index contributed by atoms with van der Waals surface area (Å²) >= 11 is 0. The summed E-state index contributed by atoms with van der Waals surface area (Å²) in [5.74, 6) is 0. The van der Waals surface area contributed by atoms with E-state index in [4.69, 9.17) is 0 Å². The van der Waals surface area contributed by atoms with Gasteiger partial charge in [-0.1, -0.05) is 126 Å². The standard InChI is InChI=1S/C19H16.3C2H6/c1-15-7-9-17(10-8-15)19-13-11-18(12-14-19)16-5-3-2-4-6-16;3*1-2/h2-14H,1H3;3*1-2H3. The van der Waals surface area contributed by atoms with E-state index in [0.717, 1.165) is 0 Å². The normalized spacial score (nSPS) is 8.60. The zero-order valence-corrected chi connectivity index (χ0v) is 17.0. The fourth-order valence-electron chi connectivity index (χ4n) is 2.23. The second kappa shape index (κ2) is 14.0. The van der Waals surface area contributed by atoms with Crippen LogP contribution in [-0.4, -0.2) is 0 Å². The lowest BCUT2D eigenvalue weighted by Gasteiger charge is -2.05. The van der Waals surface area contributed by atoms with Gasteiger partial charge in [0.1, 0.15) is 0 Å². The molecule has 0 heteroatoms. The Hall–Kier alpha value is -2.34. The molecule has 0 aliphatic rings. The lowest BCUT2D eigenvalue weighted by atomic mass is 10.00. The lowest BCUT2D eigenvalue weighted by molar-refractivity contribution is 1.47. The summed E-state index contributed by atoms with van der Waals surface area (Å²) in [6, 6.07) is 27.9. The van der Waals surface area contributed by atoms with Gasteiger partial charge in [-0.2, -0.15) is 0 Å². The Balaban J connectivity index is 0.000000871. The van der Waals surface area contributed by atoms with Crippen molar-refractivity contribution < 1.29 is 0 Å². The van der Waals surface area contributed by atoms with Crippen LogP contribution in [0.1, 0.15) is 47.1 Å². The highest BCUT2D eigenvalue weighted by atomic mass is 14.0. The largest absolute Gasteiger partial charge is 0.0683 e. The zero-order chi connectivity index (χ0) is 19.1. The van der Waals surface area contributed by atoms with Crippen LogP contribution < -0.4 is 0 Å². The molecule has 0 heterocycles. The predicted molar refractivity (Wildman–Crippen MR) is 116 cm³/mol. The van der Waals surface area contributed by atoms with Gasteiger partial charge in [0.05, 0.1) is 0 Å².